The van der Waals surface area contributed by atoms with E-state index in [9.17, 15) is 18.0 Å². The molecule has 0 spiro atoms. The third kappa shape index (κ3) is 3.42. The van der Waals surface area contributed by atoms with Crippen molar-refractivity contribution in [2.75, 3.05) is 11.5 Å². The normalized spacial score (nSPS) is 12.1. The molecule has 7 nitrogen and oxygen atoms in total. The minimum atomic E-state index is -4.45. The number of carbonyl (C=O) groups excluding carboxylic acids is 1. The number of benzene rings is 1. The Kier molecular flexibility index (Phi) is 3.87. The van der Waals surface area contributed by atoms with Crippen molar-refractivity contribution in [2.24, 2.45) is 0 Å². The zero-order valence-electron chi connectivity index (χ0n) is 12.5. The zero-order valence-corrected chi connectivity index (χ0v) is 12.5. The Bertz CT molecular complexity index is 975. The Hall–Kier alpha value is -3.43. The number of H-pyrrole nitrogens is 1. The molecule has 2 heterocycles. The molecule has 0 atom stereocenters. The van der Waals surface area contributed by atoms with E-state index in [0.29, 0.717) is 5.52 Å². The number of nitrogens with one attached hydrogen (secondary N) is 1. The maximum Gasteiger partial charge on any atom is 0.416 e. The Morgan fingerprint density at radius 1 is 1.08 bits per heavy atom. The summed E-state index contributed by atoms with van der Waals surface area (Å²) in [5.74, 6) is -0.119. The van der Waals surface area contributed by atoms with Crippen LogP contribution in [0.25, 0.3) is 17.2 Å². The van der Waals surface area contributed by atoms with Crippen LogP contribution in [0.2, 0.25) is 0 Å². The van der Waals surface area contributed by atoms with Gasteiger partial charge in [-0.2, -0.15) is 23.1 Å². The van der Waals surface area contributed by atoms with Crippen molar-refractivity contribution in [2.45, 2.75) is 6.18 Å². The first-order chi connectivity index (χ1) is 11.7. The highest BCUT2D eigenvalue weighted by Crippen LogP contribution is 2.29. The number of hydrogen-bond acceptors (Lipinski definition) is 6. The van der Waals surface area contributed by atoms with Gasteiger partial charge in [-0.25, -0.2) is 4.98 Å². The molecule has 3 rings (SSSR count). The molecule has 5 N–H and O–H groups in total. The van der Waals surface area contributed by atoms with Crippen LogP contribution in [0.15, 0.2) is 30.3 Å². The number of allylic oxidation sites excluding steroid dienone is 1. The van der Waals surface area contributed by atoms with Crippen LogP contribution < -0.4 is 11.5 Å². The number of carbonyl (C=O) groups is 1. The number of fused-ring (bicyclic) bond motifs is 1. The number of aromatic amines is 1. The maximum atomic E-state index is 12.5. The van der Waals surface area contributed by atoms with E-state index in [0.717, 1.165) is 24.3 Å². The van der Waals surface area contributed by atoms with Gasteiger partial charge in [-0.15, -0.1) is 0 Å². The van der Waals surface area contributed by atoms with Crippen LogP contribution in [-0.4, -0.2) is 25.7 Å². The second-order valence-electron chi connectivity index (χ2n) is 5.06. The molecule has 0 saturated carbocycles. The fourth-order valence-corrected chi connectivity index (χ4v) is 2.11. The van der Waals surface area contributed by atoms with Crippen LogP contribution in [0, 0.1) is 0 Å². The number of aromatic nitrogens is 4. The predicted octanol–water partition coefficient (Wildman–Crippen LogP) is 2.43. The SMILES string of the molecule is Nc1nc(N)c2[nH]c(/C=C/C(=O)c3ccc(C(F)(F)F)cc3)nc2n1. The average molecular weight is 348 g/mol. The molecule has 0 radical (unpaired) electrons. The molecule has 0 fully saturated rings. The van der Waals surface area contributed by atoms with Gasteiger partial charge in [0.1, 0.15) is 11.3 Å². The smallest absolute Gasteiger partial charge is 0.382 e. The van der Waals surface area contributed by atoms with Crippen molar-refractivity contribution in [1.82, 2.24) is 19.9 Å². The summed E-state index contributed by atoms with van der Waals surface area (Å²) in [5.41, 5.74) is 11.1. The summed E-state index contributed by atoms with van der Waals surface area (Å²) in [7, 11) is 0. The molecule has 10 heteroatoms. The summed E-state index contributed by atoms with van der Waals surface area (Å²) in [4.78, 5) is 26.6. The van der Waals surface area contributed by atoms with Crippen LogP contribution >= 0.6 is 0 Å². The topological polar surface area (TPSA) is 124 Å². The van der Waals surface area contributed by atoms with E-state index in [4.69, 9.17) is 11.5 Å². The fraction of sp³-hybridized carbons (Fsp3) is 0.0667. The molecule has 2 aromatic heterocycles. The quantitative estimate of drug-likeness (QED) is 0.493. The summed E-state index contributed by atoms with van der Waals surface area (Å²) in [6.07, 6.45) is -1.92. The number of nitrogens with two attached hydrogens (primary N) is 2. The van der Waals surface area contributed by atoms with E-state index < -0.39 is 17.5 Å². The number of rotatable bonds is 3. The van der Waals surface area contributed by atoms with Gasteiger partial charge in [0.25, 0.3) is 0 Å². The van der Waals surface area contributed by atoms with E-state index in [1.54, 1.807) is 0 Å². The lowest BCUT2D eigenvalue weighted by molar-refractivity contribution is -0.137. The molecular formula is C15H11F3N6O. The molecule has 0 amide bonds. The van der Waals surface area contributed by atoms with Gasteiger partial charge < -0.3 is 16.5 Å². The van der Waals surface area contributed by atoms with Gasteiger partial charge in [-0.05, 0) is 24.3 Å². The Morgan fingerprint density at radius 2 is 1.76 bits per heavy atom. The first kappa shape index (κ1) is 16.4. The average Bonchev–Trinajstić information content (AvgIpc) is 2.95. The number of nitrogen functional groups attached to an aromatic ring is 2. The molecule has 25 heavy (non-hydrogen) atoms. The number of anilines is 2. The maximum absolute atomic E-state index is 12.5. The summed E-state index contributed by atoms with van der Waals surface area (Å²) in [6, 6.07) is 3.92. The van der Waals surface area contributed by atoms with Crippen molar-refractivity contribution >= 4 is 34.8 Å². The van der Waals surface area contributed by atoms with Crippen molar-refractivity contribution < 1.29 is 18.0 Å². The van der Waals surface area contributed by atoms with E-state index in [1.165, 1.54) is 12.2 Å². The number of ketones is 1. The van der Waals surface area contributed by atoms with E-state index in [-0.39, 0.29) is 28.8 Å². The second kappa shape index (κ2) is 5.89. The van der Waals surface area contributed by atoms with Crippen LogP contribution in [0.5, 0.6) is 0 Å². The molecule has 0 aliphatic carbocycles. The van der Waals surface area contributed by atoms with Crippen molar-refractivity contribution in [1.29, 1.82) is 0 Å². The lowest BCUT2D eigenvalue weighted by atomic mass is 10.1. The summed E-state index contributed by atoms with van der Waals surface area (Å²) < 4.78 is 37.5. The van der Waals surface area contributed by atoms with E-state index >= 15 is 0 Å². The van der Waals surface area contributed by atoms with E-state index in [1.807, 2.05) is 0 Å². The Labute approximate surface area is 138 Å². The fourth-order valence-electron chi connectivity index (χ4n) is 2.11. The van der Waals surface area contributed by atoms with E-state index in [2.05, 4.69) is 19.9 Å². The molecular weight excluding hydrogens is 337 g/mol. The van der Waals surface area contributed by atoms with Crippen molar-refractivity contribution in [3.8, 4) is 0 Å². The minimum absolute atomic E-state index is 0.0344. The molecule has 0 unspecified atom stereocenters. The number of imidazole rings is 1. The first-order valence-corrected chi connectivity index (χ1v) is 6.92. The molecule has 0 saturated heterocycles. The first-order valence-electron chi connectivity index (χ1n) is 6.92. The summed E-state index contributed by atoms with van der Waals surface area (Å²) in [6.45, 7) is 0. The van der Waals surface area contributed by atoms with Gasteiger partial charge in [0, 0.05) is 5.56 Å². The van der Waals surface area contributed by atoms with Crippen molar-refractivity contribution in [3.05, 3.63) is 47.3 Å². The highest BCUT2D eigenvalue weighted by atomic mass is 19.4. The van der Waals surface area contributed by atoms with Crippen LogP contribution in [0.1, 0.15) is 21.7 Å². The molecule has 0 bridgehead atoms. The van der Waals surface area contributed by atoms with Gasteiger partial charge in [0.2, 0.25) is 5.95 Å². The highest BCUT2D eigenvalue weighted by Gasteiger charge is 2.30. The summed E-state index contributed by atoms with van der Waals surface area (Å²) in [5, 5.41) is 0. The lowest BCUT2D eigenvalue weighted by Crippen LogP contribution is -2.05. The number of hydrogen-bond donors (Lipinski definition) is 3. The molecule has 0 aliphatic heterocycles. The summed E-state index contributed by atoms with van der Waals surface area (Å²) >= 11 is 0. The standard InChI is InChI=1S/C15H11F3N6O/c16-15(17,18)8-3-1-7(2-4-8)9(25)5-6-10-21-11-12(19)23-14(20)24-13(11)22-10/h1-6H,(H5,19,20,21,22,23,24)/b6-5+. The van der Waals surface area contributed by atoms with Gasteiger partial charge in [-0.1, -0.05) is 12.1 Å². The third-order valence-corrected chi connectivity index (χ3v) is 3.30. The molecule has 3 aromatic rings. The molecule has 128 valence electrons. The predicted molar refractivity (Wildman–Crippen MR) is 85.3 cm³/mol. The lowest BCUT2D eigenvalue weighted by Gasteiger charge is -2.06. The number of halogens is 3. The van der Waals surface area contributed by atoms with Gasteiger partial charge in [0.05, 0.1) is 5.56 Å². The third-order valence-electron chi connectivity index (χ3n) is 3.30. The Morgan fingerprint density at radius 3 is 2.40 bits per heavy atom. The molecule has 1 aromatic carbocycles. The van der Waals surface area contributed by atoms with Crippen LogP contribution in [0.3, 0.4) is 0 Å². The monoisotopic (exact) mass is 348 g/mol. The zero-order chi connectivity index (χ0) is 18.2. The Balaban J connectivity index is 1.82. The largest absolute Gasteiger partial charge is 0.416 e. The van der Waals surface area contributed by atoms with Gasteiger partial charge >= 0.3 is 6.18 Å². The highest BCUT2D eigenvalue weighted by molar-refractivity contribution is 6.06. The van der Waals surface area contributed by atoms with Gasteiger partial charge in [0.15, 0.2) is 17.2 Å². The van der Waals surface area contributed by atoms with Gasteiger partial charge in [-0.3, -0.25) is 4.79 Å². The van der Waals surface area contributed by atoms with Crippen LogP contribution in [-0.2, 0) is 6.18 Å². The number of alkyl halides is 3. The minimum Gasteiger partial charge on any atom is -0.382 e. The van der Waals surface area contributed by atoms with Crippen molar-refractivity contribution in [3.63, 3.8) is 0 Å². The second-order valence-corrected chi connectivity index (χ2v) is 5.06. The van der Waals surface area contributed by atoms with Crippen LogP contribution in [0.4, 0.5) is 24.9 Å². The number of nitrogens with zero attached hydrogens (tertiary/aromatic N) is 3. The molecule has 0 aliphatic rings.